The van der Waals surface area contributed by atoms with Crippen LogP contribution < -0.4 is 5.73 Å². The van der Waals surface area contributed by atoms with Gasteiger partial charge in [0.25, 0.3) is 0 Å². The van der Waals surface area contributed by atoms with Gasteiger partial charge in [0.05, 0.1) is 0 Å². The molecule has 0 aliphatic rings. The van der Waals surface area contributed by atoms with Crippen molar-refractivity contribution >= 4 is 5.82 Å². The second-order valence-corrected chi connectivity index (χ2v) is 5.19. The van der Waals surface area contributed by atoms with Gasteiger partial charge in [0.1, 0.15) is 5.82 Å². The van der Waals surface area contributed by atoms with Gasteiger partial charge < -0.3 is 10.6 Å². The number of nitrogens with two attached hydrogens (primary N) is 1. The molecular formula is C14H28N4. The number of aryl methyl sites for hydroxylation is 1. The molecule has 0 radical (unpaired) electrons. The zero-order chi connectivity index (χ0) is 13.4. The van der Waals surface area contributed by atoms with Crippen LogP contribution in [0.1, 0.15) is 46.5 Å². The summed E-state index contributed by atoms with van der Waals surface area (Å²) in [7, 11) is 0. The lowest BCUT2D eigenvalue weighted by molar-refractivity contribution is 0.210. The van der Waals surface area contributed by atoms with Crippen molar-refractivity contribution < 1.29 is 0 Å². The Kier molecular flexibility index (Phi) is 6.80. The van der Waals surface area contributed by atoms with Gasteiger partial charge >= 0.3 is 0 Å². The van der Waals surface area contributed by atoms with Gasteiger partial charge in [0.2, 0.25) is 0 Å². The Morgan fingerprint density at radius 2 is 2.00 bits per heavy atom. The Morgan fingerprint density at radius 1 is 1.28 bits per heavy atom. The van der Waals surface area contributed by atoms with Crippen molar-refractivity contribution in [3.8, 4) is 0 Å². The number of hydrogen-bond donors (Lipinski definition) is 1. The summed E-state index contributed by atoms with van der Waals surface area (Å²) in [6.07, 6.45) is 7.01. The number of rotatable bonds is 9. The van der Waals surface area contributed by atoms with Crippen LogP contribution >= 0.6 is 0 Å². The highest BCUT2D eigenvalue weighted by molar-refractivity contribution is 5.23. The minimum absolute atomic E-state index is 0.610. The predicted molar refractivity (Wildman–Crippen MR) is 77.5 cm³/mol. The summed E-state index contributed by atoms with van der Waals surface area (Å²) in [4.78, 5) is 2.56. The lowest BCUT2D eigenvalue weighted by Gasteiger charge is -2.26. The molecule has 1 heterocycles. The third-order valence-electron chi connectivity index (χ3n) is 3.27. The molecule has 0 aliphatic heterocycles. The highest BCUT2D eigenvalue weighted by atomic mass is 15.3. The van der Waals surface area contributed by atoms with Gasteiger partial charge in [-0.1, -0.05) is 19.8 Å². The van der Waals surface area contributed by atoms with E-state index in [0.717, 1.165) is 19.5 Å². The highest BCUT2D eigenvalue weighted by Crippen LogP contribution is 2.05. The van der Waals surface area contributed by atoms with Crippen molar-refractivity contribution in [3.63, 3.8) is 0 Å². The summed E-state index contributed by atoms with van der Waals surface area (Å²) in [5.74, 6) is 0.610. The third kappa shape index (κ3) is 5.54. The van der Waals surface area contributed by atoms with Gasteiger partial charge in [-0.15, -0.1) is 0 Å². The minimum atomic E-state index is 0.610. The van der Waals surface area contributed by atoms with Crippen molar-refractivity contribution in [1.29, 1.82) is 0 Å². The zero-order valence-corrected chi connectivity index (χ0v) is 12.1. The van der Waals surface area contributed by atoms with E-state index in [1.54, 1.807) is 0 Å². The van der Waals surface area contributed by atoms with E-state index in [-0.39, 0.29) is 0 Å². The smallest absolute Gasteiger partial charge is 0.145 e. The maximum atomic E-state index is 5.60. The van der Waals surface area contributed by atoms with Crippen molar-refractivity contribution in [1.82, 2.24) is 14.7 Å². The molecule has 0 spiro atoms. The van der Waals surface area contributed by atoms with Gasteiger partial charge in [-0.2, -0.15) is 5.10 Å². The van der Waals surface area contributed by atoms with Gasteiger partial charge in [0.15, 0.2) is 0 Å². The quantitative estimate of drug-likeness (QED) is 0.687. The molecule has 0 bridgehead atoms. The predicted octanol–water partition coefficient (Wildman–Crippen LogP) is 2.76. The van der Waals surface area contributed by atoms with E-state index in [1.165, 1.54) is 25.8 Å². The monoisotopic (exact) mass is 252 g/mol. The lowest BCUT2D eigenvalue weighted by atomic mass is 10.2. The molecule has 1 aromatic rings. The molecule has 0 unspecified atom stereocenters. The van der Waals surface area contributed by atoms with E-state index < -0.39 is 0 Å². The number of nitrogens with zero attached hydrogens (tertiary/aromatic N) is 3. The molecule has 0 saturated carbocycles. The molecule has 18 heavy (non-hydrogen) atoms. The first-order valence-corrected chi connectivity index (χ1v) is 7.16. The number of anilines is 1. The molecule has 0 aliphatic carbocycles. The number of unbranched alkanes of at least 4 members (excludes halogenated alkanes) is 2. The first kappa shape index (κ1) is 15.0. The van der Waals surface area contributed by atoms with E-state index in [9.17, 15) is 0 Å². The Balaban J connectivity index is 2.24. The molecule has 2 N–H and O–H groups in total. The maximum Gasteiger partial charge on any atom is 0.145 e. The fraction of sp³-hybridized carbons (Fsp3) is 0.786. The third-order valence-corrected chi connectivity index (χ3v) is 3.27. The summed E-state index contributed by atoms with van der Waals surface area (Å²) < 4.78 is 1.93. The average Bonchev–Trinajstić information content (AvgIpc) is 2.73. The van der Waals surface area contributed by atoms with Gasteiger partial charge in [0, 0.05) is 25.3 Å². The van der Waals surface area contributed by atoms with E-state index in [0.29, 0.717) is 11.9 Å². The number of hydrogen-bond acceptors (Lipinski definition) is 3. The van der Waals surface area contributed by atoms with Crippen LogP contribution in [0.25, 0.3) is 0 Å². The number of aromatic nitrogens is 2. The molecule has 0 saturated heterocycles. The van der Waals surface area contributed by atoms with Crippen molar-refractivity contribution in [2.24, 2.45) is 0 Å². The minimum Gasteiger partial charge on any atom is -0.382 e. The van der Waals surface area contributed by atoms with Crippen molar-refractivity contribution in [2.45, 2.75) is 59.0 Å². The average molecular weight is 252 g/mol. The van der Waals surface area contributed by atoms with E-state index in [1.807, 2.05) is 16.9 Å². The van der Waals surface area contributed by atoms with Crippen LogP contribution in [0.4, 0.5) is 5.82 Å². The van der Waals surface area contributed by atoms with Gasteiger partial charge in [-0.25, -0.2) is 0 Å². The van der Waals surface area contributed by atoms with E-state index in [2.05, 4.69) is 30.8 Å². The van der Waals surface area contributed by atoms with Crippen molar-refractivity contribution in [2.75, 3.05) is 18.8 Å². The van der Waals surface area contributed by atoms with Crippen LogP contribution in [0.15, 0.2) is 12.3 Å². The van der Waals surface area contributed by atoms with E-state index >= 15 is 0 Å². The van der Waals surface area contributed by atoms with Crippen LogP contribution in [0, 0.1) is 0 Å². The summed E-state index contributed by atoms with van der Waals surface area (Å²) in [6.45, 7) is 10.1. The van der Waals surface area contributed by atoms with Crippen LogP contribution in [-0.4, -0.2) is 33.8 Å². The SMILES string of the molecule is CCCCCN(CCCn1ccc(N)n1)C(C)C. The standard InChI is InChI=1S/C14H28N4/c1-4-5-6-9-17(13(2)3)10-7-11-18-12-8-14(15)16-18/h8,12-13H,4-7,9-11H2,1-3H3,(H2,15,16). The van der Waals surface area contributed by atoms with Gasteiger partial charge in [-0.3, -0.25) is 4.68 Å². The van der Waals surface area contributed by atoms with Crippen LogP contribution in [0.2, 0.25) is 0 Å². The first-order valence-electron chi connectivity index (χ1n) is 7.16. The van der Waals surface area contributed by atoms with Gasteiger partial charge in [-0.05, 0) is 39.3 Å². The molecule has 1 aromatic heterocycles. The summed E-state index contributed by atoms with van der Waals surface area (Å²) in [6, 6.07) is 2.48. The molecule has 0 aromatic carbocycles. The van der Waals surface area contributed by atoms with Crippen LogP contribution in [-0.2, 0) is 6.54 Å². The summed E-state index contributed by atoms with van der Waals surface area (Å²) in [5.41, 5.74) is 5.60. The van der Waals surface area contributed by atoms with Crippen molar-refractivity contribution in [3.05, 3.63) is 12.3 Å². The molecule has 0 amide bonds. The Labute approximate surface area is 111 Å². The van der Waals surface area contributed by atoms with E-state index in [4.69, 9.17) is 5.73 Å². The second-order valence-electron chi connectivity index (χ2n) is 5.19. The normalized spacial score (nSPS) is 11.6. The fourth-order valence-corrected chi connectivity index (χ4v) is 2.13. The molecular weight excluding hydrogens is 224 g/mol. The fourth-order valence-electron chi connectivity index (χ4n) is 2.13. The second kappa shape index (κ2) is 8.14. The van der Waals surface area contributed by atoms with Crippen LogP contribution in [0.3, 0.4) is 0 Å². The number of nitrogen functional groups attached to an aromatic ring is 1. The summed E-state index contributed by atoms with van der Waals surface area (Å²) in [5, 5.41) is 4.20. The van der Waals surface area contributed by atoms with Crippen LogP contribution in [0.5, 0.6) is 0 Å². The molecule has 4 heteroatoms. The molecule has 0 fully saturated rings. The Hall–Kier alpha value is -1.03. The topological polar surface area (TPSA) is 47.1 Å². The molecule has 1 rings (SSSR count). The zero-order valence-electron chi connectivity index (χ0n) is 12.1. The molecule has 0 atom stereocenters. The lowest BCUT2D eigenvalue weighted by Crippen LogP contribution is -2.33. The highest BCUT2D eigenvalue weighted by Gasteiger charge is 2.08. The first-order chi connectivity index (χ1) is 8.63. The summed E-state index contributed by atoms with van der Waals surface area (Å²) >= 11 is 0. The Morgan fingerprint density at radius 3 is 2.56 bits per heavy atom. The molecule has 104 valence electrons. The largest absolute Gasteiger partial charge is 0.382 e. The Bertz CT molecular complexity index is 319. The molecule has 4 nitrogen and oxygen atoms in total. The maximum absolute atomic E-state index is 5.60.